The Balaban J connectivity index is 1.20. The molecule has 23 atom stereocenters. The molecule has 13 N–H and O–H groups in total. The zero-order chi connectivity index (χ0) is 45.3. The van der Waals surface area contributed by atoms with E-state index in [0.29, 0.717) is 0 Å². The first-order chi connectivity index (χ1) is 29.4. The van der Waals surface area contributed by atoms with Crippen molar-refractivity contribution in [1.29, 1.82) is 0 Å². The van der Waals surface area contributed by atoms with Crippen LogP contribution in [0.2, 0.25) is 0 Å². The summed E-state index contributed by atoms with van der Waals surface area (Å²) in [5, 5.41) is 127. The Labute approximate surface area is 355 Å². The maximum atomic E-state index is 11.9. The van der Waals surface area contributed by atoms with Crippen LogP contribution in [-0.4, -0.2) is 246 Å². The molecule has 4 saturated heterocycles. The molecule has 4 aliphatic heterocycles. The van der Waals surface area contributed by atoms with Gasteiger partial charge in [-0.2, -0.15) is 0 Å². The number of aliphatic hydroxyl groups is 13. The minimum atomic E-state index is -1.87. The maximum Gasteiger partial charge on any atom is 0.317 e. The van der Waals surface area contributed by atoms with Crippen LogP contribution in [0.1, 0.15) is 45.4 Å². The quantitative estimate of drug-likeness (QED) is 0.0438. The Bertz CT molecular complexity index is 1450. The van der Waals surface area contributed by atoms with Crippen molar-refractivity contribution < 1.29 is 118 Å². The first-order valence-corrected chi connectivity index (χ1v) is 20.8. The van der Waals surface area contributed by atoms with Crippen LogP contribution in [-0.2, 0) is 52.2 Å². The van der Waals surface area contributed by atoms with Crippen molar-refractivity contribution in [3.8, 4) is 0 Å². The molecule has 0 aromatic rings. The Morgan fingerprint density at radius 2 is 1.19 bits per heavy atom. The van der Waals surface area contributed by atoms with Crippen molar-refractivity contribution in [2.24, 2.45) is 11.8 Å². The second kappa shape index (κ2) is 21.2. The fraction of sp³-hybridized carbons (Fsp3) is 0.947. The molecular weight excluding hydrogens is 840 g/mol. The smallest absolute Gasteiger partial charge is 0.317 e. The van der Waals surface area contributed by atoms with Crippen LogP contribution in [0.5, 0.6) is 0 Å². The molecule has 4 heterocycles. The van der Waals surface area contributed by atoms with E-state index in [-0.39, 0.29) is 38.0 Å². The highest BCUT2D eigenvalue weighted by Gasteiger charge is 2.58. The van der Waals surface area contributed by atoms with Crippen LogP contribution in [0.3, 0.4) is 0 Å². The van der Waals surface area contributed by atoms with E-state index in [9.17, 15) is 65.8 Å². The van der Waals surface area contributed by atoms with Gasteiger partial charge in [0, 0.05) is 33.0 Å². The minimum absolute atomic E-state index is 0.0248. The first kappa shape index (κ1) is 49.6. The van der Waals surface area contributed by atoms with Crippen molar-refractivity contribution in [3.63, 3.8) is 0 Å². The zero-order valence-corrected chi connectivity index (χ0v) is 34.4. The van der Waals surface area contributed by atoms with Gasteiger partial charge in [0.1, 0.15) is 79.7 Å². The lowest BCUT2D eigenvalue weighted by molar-refractivity contribution is -0.371. The highest BCUT2D eigenvalue weighted by atomic mass is 16.7. The van der Waals surface area contributed by atoms with Gasteiger partial charge < -0.3 is 109 Å². The van der Waals surface area contributed by atoms with Crippen LogP contribution >= 0.6 is 0 Å². The summed E-state index contributed by atoms with van der Waals surface area (Å²) in [7, 11) is 2.89. The summed E-state index contributed by atoms with van der Waals surface area (Å²) in [4.78, 5) is 22.9. The average molecular weight is 904 g/mol. The van der Waals surface area contributed by atoms with Gasteiger partial charge in [-0.25, -0.2) is 0 Å². The molecule has 6 fully saturated rings. The van der Waals surface area contributed by atoms with E-state index in [0.717, 1.165) is 0 Å². The van der Waals surface area contributed by atoms with Crippen LogP contribution in [0.4, 0.5) is 0 Å². The minimum Gasteiger partial charge on any atom is -0.481 e. The van der Waals surface area contributed by atoms with E-state index in [1.165, 1.54) is 21.1 Å². The van der Waals surface area contributed by atoms with Gasteiger partial charge in [0.05, 0.1) is 49.7 Å². The van der Waals surface area contributed by atoms with Gasteiger partial charge in [0.2, 0.25) is 0 Å². The first-order valence-electron chi connectivity index (χ1n) is 20.8. The second-order valence-corrected chi connectivity index (χ2v) is 17.1. The fourth-order valence-corrected chi connectivity index (χ4v) is 9.63. The number of esters is 1. The van der Waals surface area contributed by atoms with Crippen LogP contribution in [0, 0.1) is 11.8 Å². The number of fused-ring (bicyclic) bond motifs is 1. The molecule has 24 nitrogen and oxygen atoms in total. The number of carbonyl (C=O) groups excluding carboxylic acids is 1. The lowest BCUT2D eigenvalue weighted by Crippen LogP contribution is -2.65. The number of aliphatic hydroxyl groups excluding tert-OH is 11. The van der Waals surface area contributed by atoms with Crippen molar-refractivity contribution in [3.05, 3.63) is 0 Å². The molecule has 24 heteroatoms. The monoisotopic (exact) mass is 903 g/mol. The van der Waals surface area contributed by atoms with Crippen molar-refractivity contribution >= 4 is 11.9 Å². The number of carboxylic acid groups (broad SMARTS) is 1. The molecule has 62 heavy (non-hydrogen) atoms. The van der Waals surface area contributed by atoms with Gasteiger partial charge in [-0.1, -0.05) is 0 Å². The summed E-state index contributed by atoms with van der Waals surface area (Å²) < 4.78 is 57.0. The SMILES string of the molecule is COC1CC(C2[OH+]C3CC(O)CC(OC4OC(CO)C(O)C(O)C4O)C3CC2OC2OC(COC3OC(C)C(OC(=O)CC(=O)O)C(O)C3O)C(O)C(O)C2O)CC(OC)C1O. The molecule has 0 amide bonds. The number of carboxylic acids is 1. The van der Waals surface area contributed by atoms with Gasteiger partial charge in [-0.15, -0.1) is 0 Å². The van der Waals surface area contributed by atoms with E-state index >= 15 is 0 Å². The molecule has 6 rings (SSSR count). The van der Waals surface area contributed by atoms with E-state index in [1.54, 1.807) is 0 Å². The van der Waals surface area contributed by atoms with Gasteiger partial charge in [-0.05, 0) is 26.2 Å². The van der Waals surface area contributed by atoms with Crippen molar-refractivity contribution in [1.82, 2.24) is 0 Å². The predicted octanol–water partition coefficient (Wildman–Crippen LogP) is -6.53. The van der Waals surface area contributed by atoms with Gasteiger partial charge in [-0.3, -0.25) is 9.59 Å². The Morgan fingerprint density at radius 3 is 1.77 bits per heavy atom. The molecule has 0 bridgehead atoms. The number of aliphatic carboxylic acids is 1. The van der Waals surface area contributed by atoms with E-state index in [2.05, 4.69) is 0 Å². The molecular formula is C38H63O24+. The lowest BCUT2D eigenvalue weighted by Gasteiger charge is -2.50. The maximum absolute atomic E-state index is 11.9. The highest BCUT2D eigenvalue weighted by molar-refractivity contribution is 5.90. The van der Waals surface area contributed by atoms with Crippen molar-refractivity contribution in [2.75, 3.05) is 27.4 Å². The summed E-state index contributed by atoms with van der Waals surface area (Å²) in [5.41, 5.74) is 0. The predicted molar refractivity (Wildman–Crippen MR) is 198 cm³/mol. The molecule has 2 saturated carbocycles. The van der Waals surface area contributed by atoms with E-state index in [1.807, 2.05) is 0 Å². The average Bonchev–Trinajstić information content (AvgIpc) is 3.23. The molecule has 2 aliphatic carbocycles. The number of methoxy groups -OCH3 is 2. The third-order valence-corrected chi connectivity index (χ3v) is 13.1. The number of rotatable bonds is 14. The van der Waals surface area contributed by atoms with Crippen LogP contribution in [0.25, 0.3) is 0 Å². The van der Waals surface area contributed by atoms with Crippen molar-refractivity contribution in [2.45, 2.75) is 186 Å². The largest absolute Gasteiger partial charge is 0.481 e. The molecule has 23 unspecified atom stereocenters. The highest BCUT2D eigenvalue weighted by Crippen LogP contribution is 2.44. The van der Waals surface area contributed by atoms with Gasteiger partial charge in [0.15, 0.2) is 37.2 Å². The summed E-state index contributed by atoms with van der Waals surface area (Å²) in [6.45, 7) is 0.0636. The molecule has 0 radical (unpaired) electrons. The second-order valence-electron chi connectivity index (χ2n) is 17.1. The summed E-state index contributed by atoms with van der Waals surface area (Å²) >= 11 is 0. The molecule has 0 aromatic carbocycles. The Kier molecular flexibility index (Phi) is 16.9. The van der Waals surface area contributed by atoms with E-state index < -0.39 is 178 Å². The van der Waals surface area contributed by atoms with Gasteiger partial charge >= 0.3 is 11.9 Å². The summed E-state index contributed by atoms with van der Waals surface area (Å²) in [6, 6.07) is 0. The topological polar surface area (TPSA) is 373 Å². The van der Waals surface area contributed by atoms with Crippen LogP contribution < -0.4 is 0 Å². The standard InChI is InChI=1S/C38H62O24/c1-12-34(62-24(43)9-23(41)42)30(49)33(52)36(56-12)55-11-22-27(46)29(48)32(51)38(61-22)59-20-8-15-16(57-35(20)13-4-18(53-2)25(44)19(5-13)54-3)6-14(40)7-17(15)58-37-31(50)28(47)26(45)21(10-39)60-37/h12-22,25-40,44-52H,4-11H2,1-3H3,(H,41,42)/p+1. The lowest BCUT2D eigenvalue weighted by atomic mass is 9.72. The number of hydrogen-bond donors (Lipinski definition) is 12. The fourth-order valence-electron chi connectivity index (χ4n) is 9.63. The normalized spacial score (nSPS) is 50.1. The summed E-state index contributed by atoms with van der Waals surface area (Å²) in [5.74, 6) is -3.61. The zero-order valence-electron chi connectivity index (χ0n) is 34.4. The number of ether oxygens (including phenoxy) is 10. The Morgan fingerprint density at radius 1 is 0.629 bits per heavy atom. The number of hydrogen-bond acceptors (Lipinski definition) is 22. The Hall–Kier alpha value is -1.86. The van der Waals surface area contributed by atoms with E-state index in [4.69, 9.17) is 52.5 Å². The van der Waals surface area contributed by atoms with Crippen LogP contribution in [0.15, 0.2) is 0 Å². The molecule has 0 aromatic heterocycles. The summed E-state index contributed by atoms with van der Waals surface area (Å²) in [6.07, 6.45) is -30.9. The molecule has 6 aliphatic rings. The molecule has 358 valence electrons. The third-order valence-electron chi connectivity index (χ3n) is 13.1. The number of carbonyl (C=O) groups is 2. The molecule has 0 spiro atoms. The third kappa shape index (κ3) is 10.7. The van der Waals surface area contributed by atoms with Gasteiger partial charge in [0.25, 0.3) is 0 Å².